The summed E-state index contributed by atoms with van der Waals surface area (Å²) in [6, 6.07) is 11.2. The summed E-state index contributed by atoms with van der Waals surface area (Å²) in [4.78, 5) is 16.2. The van der Waals surface area contributed by atoms with Crippen LogP contribution in [0.5, 0.6) is 0 Å². The Bertz CT molecular complexity index is 885. The Kier molecular flexibility index (Phi) is 3.66. The van der Waals surface area contributed by atoms with Crippen LogP contribution in [-0.4, -0.2) is 4.98 Å². The maximum atomic E-state index is 12.8. The highest BCUT2D eigenvalue weighted by Gasteiger charge is 2.04. The zero-order valence-corrected chi connectivity index (χ0v) is 12.3. The number of hydrogen-bond acceptors (Lipinski definition) is 3. The molecule has 0 N–H and O–H groups in total. The molecular weight excluding hydrogens is 337 g/mol. The van der Waals surface area contributed by atoms with E-state index in [1.165, 1.54) is 12.1 Å². The predicted octanol–water partition coefficient (Wildman–Crippen LogP) is 4.26. The number of fused-ring (bicyclic) bond motifs is 1. The number of benzene rings is 2. The number of hydrogen-bond donors (Lipinski definition) is 0. The molecule has 104 valence electrons. The standard InChI is InChI=1S/C16H9BrFNO2/c17-11-4-7-14-13(9-11)16(20)21-15(19-14)8-3-10-1-5-12(18)6-2-10/h1-9H/b8-3+. The molecule has 21 heavy (non-hydrogen) atoms. The zero-order valence-electron chi connectivity index (χ0n) is 10.7. The molecule has 0 radical (unpaired) electrons. The number of halogens is 2. The van der Waals surface area contributed by atoms with Crippen molar-refractivity contribution in [2.75, 3.05) is 0 Å². The third-order valence-corrected chi connectivity index (χ3v) is 3.39. The Morgan fingerprint density at radius 3 is 2.62 bits per heavy atom. The van der Waals surface area contributed by atoms with Gasteiger partial charge in [-0.15, -0.1) is 0 Å². The summed E-state index contributed by atoms with van der Waals surface area (Å²) >= 11 is 3.30. The lowest BCUT2D eigenvalue weighted by Crippen LogP contribution is -2.02. The zero-order chi connectivity index (χ0) is 14.8. The van der Waals surface area contributed by atoms with Crippen LogP contribution in [0.3, 0.4) is 0 Å². The topological polar surface area (TPSA) is 43.1 Å². The summed E-state index contributed by atoms with van der Waals surface area (Å²) in [6.45, 7) is 0. The van der Waals surface area contributed by atoms with Crippen LogP contribution in [0.4, 0.5) is 4.39 Å². The quantitative estimate of drug-likeness (QED) is 0.696. The van der Waals surface area contributed by atoms with Crippen molar-refractivity contribution >= 4 is 39.0 Å². The van der Waals surface area contributed by atoms with Crippen molar-refractivity contribution in [3.8, 4) is 0 Å². The Labute approximate surface area is 127 Å². The smallest absolute Gasteiger partial charge is 0.347 e. The monoisotopic (exact) mass is 345 g/mol. The van der Waals surface area contributed by atoms with Crippen LogP contribution in [0, 0.1) is 5.82 Å². The van der Waals surface area contributed by atoms with E-state index in [4.69, 9.17) is 4.42 Å². The summed E-state index contributed by atoms with van der Waals surface area (Å²) in [5.74, 6) is -0.0905. The van der Waals surface area contributed by atoms with E-state index in [0.29, 0.717) is 10.9 Å². The van der Waals surface area contributed by atoms with Gasteiger partial charge in [0.05, 0.1) is 10.9 Å². The Morgan fingerprint density at radius 1 is 1.10 bits per heavy atom. The van der Waals surface area contributed by atoms with Crippen molar-refractivity contribution < 1.29 is 8.81 Å². The minimum absolute atomic E-state index is 0.208. The minimum Gasteiger partial charge on any atom is -0.404 e. The van der Waals surface area contributed by atoms with E-state index in [1.54, 1.807) is 36.4 Å². The molecule has 0 aliphatic heterocycles. The Hall–Kier alpha value is -2.27. The summed E-state index contributed by atoms with van der Waals surface area (Å²) in [6.07, 6.45) is 3.28. The summed E-state index contributed by atoms with van der Waals surface area (Å²) in [5, 5.41) is 0.420. The molecule has 0 saturated heterocycles. The molecule has 0 amide bonds. The molecule has 3 aromatic rings. The predicted molar refractivity (Wildman–Crippen MR) is 83.3 cm³/mol. The minimum atomic E-state index is -0.444. The highest BCUT2D eigenvalue weighted by atomic mass is 79.9. The van der Waals surface area contributed by atoms with Gasteiger partial charge in [0.25, 0.3) is 0 Å². The summed E-state index contributed by atoms with van der Waals surface area (Å²) < 4.78 is 18.7. The molecule has 0 spiro atoms. The first-order chi connectivity index (χ1) is 10.1. The van der Waals surface area contributed by atoms with Gasteiger partial charge in [-0.3, -0.25) is 0 Å². The SMILES string of the molecule is O=c1oc(/C=C/c2ccc(F)cc2)nc2ccc(Br)cc12. The Balaban J connectivity index is 1.99. The van der Waals surface area contributed by atoms with Gasteiger partial charge in [-0.05, 0) is 42.0 Å². The van der Waals surface area contributed by atoms with Gasteiger partial charge in [0.2, 0.25) is 5.89 Å². The summed E-state index contributed by atoms with van der Waals surface area (Å²) in [5.41, 5.74) is 0.907. The molecule has 3 rings (SSSR count). The van der Waals surface area contributed by atoms with E-state index in [2.05, 4.69) is 20.9 Å². The van der Waals surface area contributed by atoms with Crippen molar-refractivity contribution in [3.63, 3.8) is 0 Å². The van der Waals surface area contributed by atoms with Gasteiger partial charge < -0.3 is 4.42 Å². The van der Waals surface area contributed by atoms with Crippen LogP contribution in [0.1, 0.15) is 11.5 Å². The molecule has 3 nitrogen and oxygen atoms in total. The molecule has 0 atom stereocenters. The lowest BCUT2D eigenvalue weighted by Gasteiger charge is -1.98. The Morgan fingerprint density at radius 2 is 1.86 bits per heavy atom. The highest BCUT2D eigenvalue weighted by Crippen LogP contribution is 2.16. The van der Waals surface area contributed by atoms with Crippen LogP contribution >= 0.6 is 15.9 Å². The average Bonchev–Trinajstić information content (AvgIpc) is 2.47. The third-order valence-electron chi connectivity index (χ3n) is 2.89. The van der Waals surface area contributed by atoms with E-state index < -0.39 is 5.63 Å². The second-order valence-corrected chi connectivity index (χ2v) is 5.30. The second-order valence-electron chi connectivity index (χ2n) is 4.39. The van der Waals surface area contributed by atoms with Gasteiger partial charge in [0, 0.05) is 10.5 Å². The second kappa shape index (κ2) is 5.61. The van der Waals surface area contributed by atoms with E-state index in [0.717, 1.165) is 10.0 Å². The molecule has 1 aromatic heterocycles. The van der Waals surface area contributed by atoms with Gasteiger partial charge in [-0.2, -0.15) is 0 Å². The molecule has 0 aliphatic rings. The van der Waals surface area contributed by atoms with Gasteiger partial charge in [0.1, 0.15) is 5.82 Å². The maximum absolute atomic E-state index is 12.8. The van der Waals surface area contributed by atoms with Crippen LogP contribution in [-0.2, 0) is 0 Å². The van der Waals surface area contributed by atoms with Crippen molar-refractivity contribution in [3.05, 3.63) is 74.6 Å². The van der Waals surface area contributed by atoms with Crippen LogP contribution in [0.15, 0.2) is 56.1 Å². The van der Waals surface area contributed by atoms with E-state index >= 15 is 0 Å². The van der Waals surface area contributed by atoms with Crippen molar-refractivity contribution in [2.45, 2.75) is 0 Å². The molecule has 0 fully saturated rings. The largest absolute Gasteiger partial charge is 0.404 e. The normalized spacial score (nSPS) is 11.3. The number of rotatable bonds is 2. The lowest BCUT2D eigenvalue weighted by atomic mass is 10.2. The first-order valence-corrected chi connectivity index (χ1v) is 6.95. The average molecular weight is 346 g/mol. The van der Waals surface area contributed by atoms with E-state index in [-0.39, 0.29) is 11.7 Å². The molecule has 0 aliphatic carbocycles. The molecule has 0 bridgehead atoms. The van der Waals surface area contributed by atoms with Crippen LogP contribution in [0.2, 0.25) is 0 Å². The first kappa shape index (κ1) is 13.7. The molecule has 0 unspecified atom stereocenters. The van der Waals surface area contributed by atoms with E-state index in [9.17, 15) is 9.18 Å². The van der Waals surface area contributed by atoms with Crippen LogP contribution < -0.4 is 5.63 Å². The highest BCUT2D eigenvalue weighted by molar-refractivity contribution is 9.10. The van der Waals surface area contributed by atoms with Crippen molar-refractivity contribution in [1.82, 2.24) is 4.98 Å². The fourth-order valence-electron chi connectivity index (χ4n) is 1.87. The summed E-state index contributed by atoms with van der Waals surface area (Å²) in [7, 11) is 0. The van der Waals surface area contributed by atoms with Gasteiger partial charge >= 0.3 is 5.63 Å². The fourth-order valence-corrected chi connectivity index (χ4v) is 2.23. The molecule has 5 heteroatoms. The third kappa shape index (κ3) is 3.08. The molecular formula is C16H9BrFNO2. The fraction of sp³-hybridized carbons (Fsp3) is 0. The number of nitrogens with zero attached hydrogens (tertiary/aromatic N) is 1. The van der Waals surface area contributed by atoms with Crippen LogP contribution in [0.25, 0.3) is 23.1 Å². The first-order valence-electron chi connectivity index (χ1n) is 6.16. The van der Waals surface area contributed by atoms with Gasteiger partial charge in [-0.25, -0.2) is 14.2 Å². The molecule has 1 heterocycles. The van der Waals surface area contributed by atoms with E-state index in [1.807, 2.05) is 6.07 Å². The number of aromatic nitrogens is 1. The van der Waals surface area contributed by atoms with Gasteiger partial charge in [0.15, 0.2) is 0 Å². The van der Waals surface area contributed by atoms with Gasteiger partial charge in [-0.1, -0.05) is 28.1 Å². The lowest BCUT2D eigenvalue weighted by molar-refractivity contribution is 0.490. The molecule has 0 saturated carbocycles. The van der Waals surface area contributed by atoms with Crippen molar-refractivity contribution in [2.24, 2.45) is 0 Å². The molecule has 2 aromatic carbocycles. The van der Waals surface area contributed by atoms with Crippen molar-refractivity contribution in [1.29, 1.82) is 0 Å². The maximum Gasteiger partial charge on any atom is 0.347 e.